The number of hydrogen-bond donors (Lipinski definition) is 0. The molecule has 23 heavy (non-hydrogen) atoms. The maximum Gasteiger partial charge on any atom is 0.297 e. The Morgan fingerprint density at radius 3 is 2.17 bits per heavy atom. The second-order valence-corrected chi connectivity index (χ2v) is 6.61. The lowest BCUT2D eigenvalue weighted by Gasteiger charge is -2.07. The number of aryl methyl sites for hydroxylation is 1. The van der Waals surface area contributed by atoms with E-state index in [-0.39, 0.29) is 18.1 Å². The molecule has 0 aliphatic heterocycles. The van der Waals surface area contributed by atoms with Crippen LogP contribution in [0.5, 0.6) is 5.75 Å². The second-order valence-electron chi connectivity index (χ2n) is 4.99. The largest absolute Gasteiger partial charge is 0.497 e. The Labute approximate surface area is 136 Å². The van der Waals surface area contributed by atoms with Crippen LogP contribution in [0.15, 0.2) is 53.4 Å². The molecular formula is C17H20O5S. The van der Waals surface area contributed by atoms with Crippen molar-refractivity contribution in [2.75, 3.05) is 20.3 Å². The standard InChI is InChI=1S/C17H20O5S/c1-14-3-9-17(10-4-14)23(18,19)22-12-11-21-13-15-5-7-16(20-2)8-6-15/h3-10H,11-13H2,1-2H3. The number of methoxy groups -OCH3 is 1. The predicted molar refractivity (Wildman–Crippen MR) is 87.0 cm³/mol. The summed E-state index contributed by atoms with van der Waals surface area (Å²) in [5.41, 5.74) is 1.97. The first-order valence-electron chi connectivity index (χ1n) is 7.18. The summed E-state index contributed by atoms with van der Waals surface area (Å²) in [6.45, 7) is 2.45. The molecule has 2 aromatic rings. The molecule has 0 spiro atoms. The van der Waals surface area contributed by atoms with Crippen LogP contribution in [0.25, 0.3) is 0 Å². The Hall–Kier alpha value is -1.89. The zero-order valence-corrected chi connectivity index (χ0v) is 14.0. The average molecular weight is 336 g/mol. The summed E-state index contributed by atoms with van der Waals surface area (Å²) in [5, 5.41) is 0. The fourth-order valence-electron chi connectivity index (χ4n) is 1.89. The zero-order valence-electron chi connectivity index (χ0n) is 13.2. The third kappa shape index (κ3) is 5.35. The van der Waals surface area contributed by atoms with Crippen LogP contribution in [-0.2, 0) is 25.6 Å². The maximum atomic E-state index is 12.0. The third-order valence-corrected chi connectivity index (χ3v) is 4.53. The monoisotopic (exact) mass is 336 g/mol. The van der Waals surface area contributed by atoms with Gasteiger partial charge in [0, 0.05) is 0 Å². The first-order chi connectivity index (χ1) is 11.0. The summed E-state index contributed by atoms with van der Waals surface area (Å²) in [5.74, 6) is 0.779. The van der Waals surface area contributed by atoms with E-state index in [0.717, 1.165) is 16.9 Å². The molecule has 0 fully saturated rings. The fourth-order valence-corrected chi connectivity index (χ4v) is 2.78. The molecule has 6 heteroatoms. The van der Waals surface area contributed by atoms with Gasteiger partial charge < -0.3 is 9.47 Å². The van der Waals surface area contributed by atoms with Gasteiger partial charge in [0.15, 0.2) is 0 Å². The van der Waals surface area contributed by atoms with Crippen molar-refractivity contribution < 1.29 is 22.1 Å². The van der Waals surface area contributed by atoms with E-state index in [9.17, 15) is 8.42 Å². The van der Waals surface area contributed by atoms with Crippen LogP contribution >= 0.6 is 0 Å². The topological polar surface area (TPSA) is 61.8 Å². The van der Waals surface area contributed by atoms with Gasteiger partial charge in [0.2, 0.25) is 0 Å². The molecule has 0 N–H and O–H groups in total. The number of hydrogen-bond acceptors (Lipinski definition) is 5. The highest BCUT2D eigenvalue weighted by atomic mass is 32.2. The summed E-state index contributed by atoms with van der Waals surface area (Å²) >= 11 is 0. The number of ether oxygens (including phenoxy) is 2. The van der Waals surface area contributed by atoms with E-state index in [2.05, 4.69) is 0 Å². The Morgan fingerprint density at radius 1 is 0.913 bits per heavy atom. The maximum absolute atomic E-state index is 12.0. The molecule has 0 aliphatic rings. The normalized spacial score (nSPS) is 11.4. The van der Waals surface area contributed by atoms with Crippen molar-refractivity contribution in [2.24, 2.45) is 0 Å². The molecule has 0 saturated carbocycles. The van der Waals surface area contributed by atoms with Crippen molar-refractivity contribution in [3.8, 4) is 5.75 Å². The van der Waals surface area contributed by atoms with E-state index >= 15 is 0 Å². The van der Waals surface area contributed by atoms with E-state index in [4.69, 9.17) is 13.7 Å². The highest BCUT2D eigenvalue weighted by Crippen LogP contribution is 2.14. The smallest absolute Gasteiger partial charge is 0.297 e. The Kier molecular flexibility index (Phi) is 6.15. The molecule has 0 unspecified atom stereocenters. The molecule has 5 nitrogen and oxygen atoms in total. The van der Waals surface area contributed by atoms with Gasteiger partial charge in [-0.3, -0.25) is 4.18 Å². The Morgan fingerprint density at radius 2 is 1.57 bits per heavy atom. The van der Waals surface area contributed by atoms with Crippen LogP contribution in [0.2, 0.25) is 0 Å². The number of benzene rings is 2. The van der Waals surface area contributed by atoms with E-state index in [1.54, 1.807) is 19.2 Å². The molecule has 0 saturated heterocycles. The molecule has 2 aromatic carbocycles. The Balaban J connectivity index is 1.75. The summed E-state index contributed by atoms with van der Waals surface area (Å²) in [4.78, 5) is 0.151. The summed E-state index contributed by atoms with van der Waals surface area (Å²) < 4.78 is 39.4. The van der Waals surface area contributed by atoms with E-state index < -0.39 is 10.1 Å². The summed E-state index contributed by atoms with van der Waals surface area (Å²) in [6, 6.07) is 14.0. The quantitative estimate of drug-likeness (QED) is 0.548. The summed E-state index contributed by atoms with van der Waals surface area (Å²) in [7, 11) is -2.12. The van der Waals surface area contributed by atoms with E-state index in [1.807, 2.05) is 31.2 Å². The highest BCUT2D eigenvalue weighted by molar-refractivity contribution is 7.86. The van der Waals surface area contributed by atoms with Gasteiger partial charge in [-0.2, -0.15) is 8.42 Å². The molecule has 2 rings (SSSR count). The lowest BCUT2D eigenvalue weighted by molar-refractivity contribution is 0.0907. The molecule has 0 amide bonds. The van der Waals surface area contributed by atoms with Crippen LogP contribution in [0.1, 0.15) is 11.1 Å². The third-order valence-electron chi connectivity index (χ3n) is 3.20. The van der Waals surface area contributed by atoms with E-state index in [1.165, 1.54) is 12.1 Å². The van der Waals surface area contributed by atoms with E-state index in [0.29, 0.717) is 6.61 Å². The minimum absolute atomic E-state index is 0.0215. The van der Waals surface area contributed by atoms with Gasteiger partial charge in [0.05, 0.1) is 31.8 Å². The van der Waals surface area contributed by atoms with Crippen LogP contribution in [-0.4, -0.2) is 28.7 Å². The van der Waals surface area contributed by atoms with Gasteiger partial charge in [0.1, 0.15) is 5.75 Å². The molecule has 0 heterocycles. The SMILES string of the molecule is COc1ccc(COCCOS(=O)(=O)c2ccc(C)cc2)cc1. The average Bonchev–Trinajstić information content (AvgIpc) is 2.55. The molecule has 0 atom stereocenters. The molecule has 0 aliphatic carbocycles. The second kappa shape index (κ2) is 8.10. The molecule has 124 valence electrons. The van der Waals surface area contributed by atoms with Crippen LogP contribution in [0.4, 0.5) is 0 Å². The zero-order chi connectivity index (χ0) is 16.7. The van der Waals surface area contributed by atoms with Crippen molar-refractivity contribution in [3.05, 3.63) is 59.7 Å². The first-order valence-corrected chi connectivity index (χ1v) is 8.59. The first kappa shape index (κ1) is 17.5. The van der Waals surface area contributed by atoms with Crippen LogP contribution in [0.3, 0.4) is 0 Å². The van der Waals surface area contributed by atoms with Crippen molar-refractivity contribution in [1.82, 2.24) is 0 Å². The van der Waals surface area contributed by atoms with Crippen LogP contribution in [0, 0.1) is 6.92 Å². The summed E-state index contributed by atoms with van der Waals surface area (Å²) in [6.07, 6.45) is 0. The molecule has 0 radical (unpaired) electrons. The van der Waals surface area contributed by atoms with Gasteiger partial charge in [-0.1, -0.05) is 29.8 Å². The van der Waals surface area contributed by atoms with Gasteiger partial charge in [-0.05, 0) is 36.8 Å². The van der Waals surface area contributed by atoms with Crippen molar-refractivity contribution in [1.29, 1.82) is 0 Å². The highest BCUT2D eigenvalue weighted by Gasteiger charge is 2.14. The minimum atomic E-state index is -3.73. The van der Waals surface area contributed by atoms with Crippen molar-refractivity contribution in [2.45, 2.75) is 18.4 Å². The lowest BCUT2D eigenvalue weighted by atomic mass is 10.2. The van der Waals surface area contributed by atoms with Gasteiger partial charge >= 0.3 is 0 Å². The fraction of sp³-hybridized carbons (Fsp3) is 0.294. The predicted octanol–water partition coefficient (Wildman–Crippen LogP) is 2.93. The molecular weight excluding hydrogens is 316 g/mol. The minimum Gasteiger partial charge on any atom is -0.497 e. The lowest BCUT2D eigenvalue weighted by Crippen LogP contribution is -2.11. The Bertz CT molecular complexity index is 706. The number of rotatable bonds is 8. The molecule has 0 aromatic heterocycles. The van der Waals surface area contributed by atoms with Crippen molar-refractivity contribution >= 4 is 10.1 Å². The van der Waals surface area contributed by atoms with Gasteiger partial charge in [-0.15, -0.1) is 0 Å². The van der Waals surface area contributed by atoms with Gasteiger partial charge in [0.25, 0.3) is 10.1 Å². The van der Waals surface area contributed by atoms with Crippen LogP contribution < -0.4 is 4.74 Å². The van der Waals surface area contributed by atoms with Gasteiger partial charge in [-0.25, -0.2) is 0 Å². The van der Waals surface area contributed by atoms with Crippen molar-refractivity contribution in [3.63, 3.8) is 0 Å². The molecule has 0 bridgehead atoms.